The molecule has 1 aromatic carbocycles. The fraction of sp³-hybridized carbons (Fsp3) is 0.714. The molecule has 328 valence electrons. The van der Waals surface area contributed by atoms with E-state index in [0.717, 1.165) is 51.4 Å². The predicted molar refractivity (Wildman–Crippen MR) is 214 cm³/mol. The lowest BCUT2D eigenvalue weighted by atomic mass is 9.83. The van der Waals surface area contributed by atoms with Crippen LogP contribution in [0.2, 0.25) is 0 Å². The summed E-state index contributed by atoms with van der Waals surface area (Å²) in [7, 11) is -2.69. The molecule has 1 aromatic heterocycles. The number of nitrogens with one attached hydrogen (secondary N) is 3. The number of alkyl carbamates (subject to hydrolysis) is 1. The molecule has 3 N–H and O–H groups in total. The SMILES string of the molecule is CCC1C2CN(C(=O)C(C3CCCCC3)NC(=O)OC3CC3CCCCCc3nc4ccc(OC)cc4nc3O2)C1C(=O)NC1(C(=O)NS(=O)(=O)C2(C)CC2)CC1C(F)F. The third-order valence-corrected chi connectivity index (χ3v) is 16.1. The number of halogens is 2. The van der Waals surface area contributed by atoms with Gasteiger partial charge in [0.1, 0.15) is 41.3 Å². The summed E-state index contributed by atoms with van der Waals surface area (Å²) in [5.74, 6) is -4.37. The first-order chi connectivity index (χ1) is 28.7. The molecular weight excluding hydrogens is 803 g/mol. The standard InChI is InChI=1S/C42H56F2N6O9S/c1-4-26-32-22-50(34(26)36(51)48-42(21-27(42)35(43)44)39(53)49-60(55,56)41(2)17-18-41)38(52)33(23-11-7-5-8-12-23)47-40(54)59-31-19-24(31)13-9-6-10-14-29-37(58-32)46-30-20-25(57-3)15-16-28(30)45-29/h15-16,20,23-24,26-27,31-35H,4-14,17-19,21-22H2,1-3H3,(H,47,54)(H,48,51)(H,49,53). The largest absolute Gasteiger partial charge is 0.497 e. The van der Waals surface area contributed by atoms with E-state index in [0.29, 0.717) is 54.6 Å². The number of amides is 4. The Morgan fingerprint density at radius 1 is 1.00 bits per heavy atom. The van der Waals surface area contributed by atoms with Gasteiger partial charge >= 0.3 is 6.09 Å². The molecule has 2 bridgehead atoms. The van der Waals surface area contributed by atoms with Gasteiger partial charge in [0.2, 0.25) is 34.1 Å². The highest BCUT2D eigenvalue weighted by molar-refractivity contribution is 7.91. The van der Waals surface area contributed by atoms with Crippen molar-refractivity contribution in [1.82, 2.24) is 30.2 Å². The number of carbonyl (C=O) groups is 4. The highest BCUT2D eigenvalue weighted by atomic mass is 32.2. The average molecular weight is 859 g/mol. The monoisotopic (exact) mass is 858 g/mol. The molecule has 8 atom stereocenters. The zero-order valence-corrected chi connectivity index (χ0v) is 35.2. The van der Waals surface area contributed by atoms with Crippen molar-refractivity contribution in [2.24, 2.45) is 23.7 Å². The smallest absolute Gasteiger partial charge is 0.408 e. The van der Waals surface area contributed by atoms with Crippen molar-refractivity contribution in [3.63, 3.8) is 0 Å². The number of nitrogens with zero attached hydrogens (tertiary/aromatic N) is 3. The Kier molecular flexibility index (Phi) is 11.6. The van der Waals surface area contributed by atoms with E-state index in [-0.39, 0.29) is 36.8 Å². The summed E-state index contributed by atoms with van der Waals surface area (Å²) in [5.41, 5.74) is -0.480. The Labute approximate surface area is 348 Å². The van der Waals surface area contributed by atoms with Crippen LogP contribution in [0.1, 0.15) is 109 Å². The normalized spacial score (nSPS) is 32.0. The number of aryl methyl sites for hydroxylation is 1. The maximum absolute atomic E-state index is 15.1. The van der Waals surface area contributed by atoms with Crippen LogP contribution in [0.15, 0.2) is 18.2 Å². The Morgan fingerprint density at radius 2 is 1.72 bits per heavy atom. The van der Waals surface area contributed by atoms with Gasteiger partial charge in [-0.3, -0.25) is 19.1 Å². The summed E-state index contributed by atoms with van der Waals surface area (Å²) in [6.45, 7) is 3.14. The van der Waals surface area contributed by atoms with E-state index < -0.39 is 87.0 Å². The molecule has 4 amide bonds. The molecule has 6 aliphatic rings. The third kappa shape index (κ3) is 8.33. The topological polar surface area (TPSA) is 195 Å². The lowest BCUT2D eigenvalue weighted by molar-refractivity contribution is -0.143. The summed E-state index contributed by atoms with van der Waals surface area (Å²) in [6.07, 6.45) is 4.19. The zero-order chi connectivity index (χ0) is 42.6. The zero-order valence-electron chi connectivity index (χ0n) is 34.4. The molecular formula is C42H56F2N6O9S. The van der Waals surface area contributed by atoms with Crippen LogP contribution < -0.4 is 24.8 Å². The molecule has 15 nitrogen and oxygen atoms in total. The second-order valence-electron chi connectivity index (χ2n) is 18.0. The number of hydrogen-bond acceptors (Lipinski definition) is 11. The first kappa shape index (κ1) is 42.3. The fourth-order valence-corrected chi connectivity index (χ4v) is 10.9. The number of aromatic nitrogens is 2. The van der Waals surface area contributed by atoms with Crippen molar-refractivity contribution < 1.29 is 50.6 Å². The van der Waals surface area contributed by atoms with Gasteiger partial charge < -0.3 is 29.7 Å². The molecule has 18 heteroatoms. The van der Waals surface area contributed by atoms with E-state index in [1.165, 1.54) is 11.8 Å². The summed E-state index contributed by atoms with van der Waals surface area (Å²) < 4.78 is 73.9. The van der Waals surface area contributed by atoms with Gasteiger partial charge in [-0.1, -0.05) is 39.0 Å². The minimum absolute atomic E-state index is 0.137. The van der Waals surface area contributed by atoms with Crippen molar-refractivity contribution >= 4 is 44.9 Å². The Balaban J connectivity index is 1.17. The van der Waals surface area contributed by atoms with E-state index in [4.69, 9.17) is 24.2 Å². The van der Waals surface area contributed by atoms with Crippen LogP contribution in [0.25, 0.3) is 11.0 Å². The summed E-state index contributed by atoms with van der Waals surface area (Å²) in [5, 5.41) is 5.43. The fourth-order valence-electron chi connectivity index (χ4n) is 9.63. The van der Waals surface area contributed by atoms with Crippen molar-refractivity contribution in [2.75, 3.05) is 13.7 Å². The lowest BCUT2D eigenvalue weighted by Crippen LogP contribution is -2.60. The third-order valence-electron chi connectivity index (χ3n) is 14.0. The van der Waals surface area contributed by atoms with Crippen molar-refractivity contribution in [3.8, 4) is 11.6 Å². The number of benzene rings is 1. The Bertz CT molecular complexity index is 2120. The van der Waals surface area contributed by atoms with Crippen molar-refractivity contribution in [3.05, 3.63) is 23.9 Å². The van der Waals surface area contributed by atoms with Crippen LogP contribution in [0, 0.1) is 23.7 Å². The van der Waals surface area contributed by atoms with Gasteiger partial charge in [-0.25, -0.2) is 32.0 Å². The second-order valence-corrected chi connectivity index (χ2v) is 20.2. The van der Waals surface area contributed by atoms with Gasteiger partial charge in [-0.15, -0.1) is 0 Å². The van der Waals surface area contributed by atoms with Gasteiger partial charge in [0, 0.05) is 12.0 Å². The minimum Gasteiger partial charge on any atom is -0.497 e. The molecule has 8 rings (SSSR count). The minimum atomic E-state index is -4.24. The first-order valence-electron chi connectivity index (χ1n) is 21.6. The van der Waals surface area contributed by atoms with Crippen molar-refractivity contribution in [1.29, 1.82) is 0 Å². The second kappa shape index (κ2) is 16.5. The number of methoxy groups -OCH3 is 1. The van der Waals surface area contributed by atoms with Gasteiger partial charge in [-0.2, -0.15) is 0 Å². The summed E-state index contributed by atoms with van der Waals surface area (Å²) in [4.78, 5) is 68.3. The molecule has 4 aliphatic carbocycles. The van der Waals surface area contributed by atoms with E-state index in [9.17, 15) is 31.6 Å². The number of fused-ring (bicyclic) bond motifs is 5. The Hall–Kier alpha value is -4.35. The highest BCUT2D eigenvalue weighted by Crippen LogP contribution is 2.50. The highest BCUT2D eigenvalue weighted by Gasteiger charge is 2.68. The van der Waals surface area contributed by atoms with E-state index in [2.05, 4.69) is 10.6 Å². The van der Waals surface area contributed by atoms with Crippen LogP contribution in [-0.4, -0.2) is 102 Å². The van der Waals surface area contributed by atoms with Crippen LogP contribution in [0.3, 0.4) is 0 Å². The van der Waals surface area contributed by atoms with Gasteiger partial charge in [0.05, 0.1) is 35.4 Å². The van der Waals surface area contributed by atoms with Crippen LogP contribution in [-0.2, 0) is 35.6 Å². The van der Waals surface area contributed by atoms with Crippen LogP contribution in [0.4, 0.5) is 13.6 Å². The molecule has 2 aliphatic heterocycles. The van der Waals surface area contributed by atoms with E-state index >= 15 is 4.79 Å². The summed E-state index contributed by atoms with van der Waals surface area (Å²) in [6, 6.07) is 2.93. The lowest BCUT2D eigenvalue weighted by Gasteiger charge is -2.35. The predicted octanol–water partition coefficient (Wildman–Crippen LogP) is 4.94. The molecule has 3 heterocycles. The number of hydrogen-bond donors (Lipinski definition) is 3. The molecule has 2 aromatic rings. The van der Waals surface area contributed by atoms with Crippen molar-refractivity contribution in [2.45, 2.75) is 151 Å². The molecule has 8 unspecified atom stereocenters. The number of alkyl halides is 2. The van der Waals surface area contributed by atoms with Gasteiger partial charge in [-0.05, 0) is 95.1 Å². The van der Waals surface area contributed by atoms with E-state index in [1.54, 1.807) is 19.2 Å². The molecule has 0 radical (unpaired) electrons. The average Bonchev–Trinajstić information content (AvgIpc) is 4.18. The number of carbonyl (C=O) groups excluding carboxylic acids is 4. The quantitative estimate of drug-likeness (QED) is 0.309. The molecule has 4 saturated carbocycles. The maximum Gasteiger partial charge on any atom is 0.408 e. The summed E-state index contributed by atoms with van der Waals surface area (Å²) >= 11 is 0. The van der Waals surface area contributed by atoms with Gasteiger partial charge in [0.25, 0.3) is 5.91 Å². The van der Waals surface area contributed by atoms with Crippen LogP contribution >= 0.6 is 0 Å². The number of rotatable bonds is 9. The number of ether oxygens (including phenoxy) is 3. The number of sulfonamides is 1. The van der Waals surface area contributed by atoms with Gasteiger partial charge in [0.15, 0.2) is 0 Å². The molecule has 5 fully saturated rings. The molecule has 60 heavy (non-hydrogen) atoms. The van der Waals surface area contributed by atoms with Crippen LogP contribution in [0.5, 0.6) is 11.6 Å². The van der Waals surface area contributed by atoms with E-state index in [1.807, 2.05) is 17.7 Å². The maximum atomic E-state index is 15.1. The molecule has 0 spiro atoms. The molecule has 1 saturated heterocycles. The first-order valence-corrected chi connectivity index (χ1v) is 23.1. The Morgan fingerprint density at radius 3 is 2.38 bits per heavy atom.